The van der Waals surface area contributed by atoms with E-state index in [-0.39, 0.29) is 0 Å². The van der Waals surface area contributed by atoms with E-state index in [9.17, 15) is 0 Å². The van der Waals surface area contributed by atoms with Gasteiger partial charge in [-0.1, -0.05) is 12.8 Å². The molecule has 88 valence electrons. The van der Waals surface area contributed by atoms with Crippen molar-refractivity contribution < 1.29 is 0 Å². The van der Waals surface area contributed by atoms with E-state index < -0.39 is 0 Å². The highest BCUT2D eigenvalue weighted by Gasteiger charge is 2.15. The fourth-order valence-corrected chi connectivity index (χ4v) is 3.76. The predicted octanol–water partition coefficient (Wildman–Crippen LogP) is 2.00. The zero-order valence-electron chi connectivity index (χ0n) is 9.63. The van der Waals surface area contributed by atoms with E-state index in [0.717, 1.165) is 11.3 Å². The minimum Gasteiger partial charge on any atom is -0.314 e. The van der Waals surface area contributed by atoms with E-state index in [1.165, 1.54) is 63.9 Å². The van der Waals surface area contributed by atoms with Crippen molar-refractivity contribution in [1.29, 1.82) is 0 Å². The number of hydrogen-bond acceptors (Lipinski definition) is 3. The summed E-state index contributed by atoms with van der Waals surface area (Å²) in [5.41, 5.74) is 0. The van der Waals surface area contributed by atoms with Gasteiger partial charge in [0.2, 0.25) is 0 Å². The smallest absolute Gasteiger partial charge is 0.0192 e. The van der Waals surface area contributed by atoms with Crippen molar-refractivity contribution >= 4 is 11.8 Å². The van der Waals surface area contributed by atoms with Crippen LogP contribution in [0.25, 0.3) is 0 Å². The molecule has 0 aliphatic carbocycles. The van der Waals surface area contributed by atoms with Crippen LogP contribution in [0.5, 0.6) is 0 Å². The zero-order chi connectivity index (χ0) is 10.3. The Bertz CT molecular complexity index is 145. The Morgan fingerprint density at radius 2 is 2.00 bits per heavy atom. The number of rotatable bonds is 4. The van der Waals surface area contributed by atoms with Crippen LogP contribution < -0.4 is 10.6 Å². The average molecular weight is 228 g/mol. The van der Waals surface area contributed by atoms with Crippen molar-refractivity contribution in [2.45, 2.75) is 49.8 Å². The van der Waals surface area contributed by atoms with Crippen molar-refractivity contribution in [3.8, 4) is 0 Å². The van der Waals surface area contributed by atoms with Crippen molar-refractivity contribution in [3.63, 3.8) is 0 Å². The molecule has 2 N–H and O–H groups in total. The Morgan fingerprint density at radius 3 is 2.73 bits per heavy atom. The van der Waals surface area contributed by atoms with Gasteiger partial charge in [0.15, 0.2) is 0 Å². The monoisotopic (exact) mass is 228 g/mol. The maximum atomic E-state index is 3.64. The first kappa shape index (κ1) is 11.7. The third kappa shape index (κ3) is 4.33. The highest BCUT2D eigenvalue weighted by molar-refractivity contribution is 7.99. The molecule has 2 unspecified atom stereocenters. The first-order chi connectivity index (χ1) is 7.45. The summed E-state index contributed by atoms with van der Waals surface area (Å²) in [6.45, 7) is 3.63. The number of thioether (sulfide) groups is 1. The molecule has 3 heteroatoms. The van der Waals surface area contributed by atoms with Crippen LogP contribution in [0.1, 0.15) is 38.5 Å². The lowest BCUT2D eigenvalue weighted by molar-refractivity contribution is 0.382. The maximum absolute atomic E-state index is 3.64. The molecule has 0 amide bonds. The largest absolute Gasteiger partial charge is 0.314 e. The second kappa shape index (κ2) is 6.77. The molecule has 2 nitrogen and oxygen atoms in total. The van der Waals surface area contributed by atoms with Gasteiger partial charge in [0.25, 0.3) is 0 Å². The van der Waals surface area contributed by atoms with Gasteiger partial charge < -0.3 is 10.6 Å². The normalized spacial score (nSPS) is 32.8. The summed E-state index contributed by atoms with van der Waals surface area (Å²) < 4.78 is 0. The molecule has 0 bridgehead atoms. The highest BCUT2D eigenvalue weighted by Crippen LogP contribution is 2.24. The Labute approximate surface area is 98.0 Å². The van der Waals surface area contributed by atoms with E-state index in [0.29, 0.717) is 0 Å². The van der Waals surface area contributed by atoms with Crippen LogP contribution in [0.2, 0.25) is 0 Å². The molecule has 0 aromatic carbocycles. The van der Waals surface area contributed by atoms with E-state index in [1.807, 2.05) is 0 Å². The minimum atomic E-state index is 0.743. The Morgan fingerprint density at radius 1 is 1.07 bits per heavy atom. The minimum absolute atomic E-state index is 0.743. The second-order valence-electron chi connectivity index (χ2n) is 4.79. The van der Waals surface area contributed by atoms with Crippen LogP contribution >= 0.6 is 11.8 Å². The van der Waals surface area contributed by atoms with Gasteiger partial charge >= 0.3 is 0 Å². The maximum Gasteiger partial charge on any atom is 0.0192 e. The van der Waals surface area contributed by atoms with E-state index in [1.54, 1.807) is 0 Å². The molecule has 0 aromatic rings. The van der Waals surface area contributed by atoms with Crippen molar-refractivity contribution in [2.75, 3.05) is 25.4 Å². The van der Waals surface area contributed by atoms with E-state index in [2.05, 4.69) is 22.4 Å². The van der Waals surface area contributed by atoms with Crippen LogP contribution in [0.15, 0.2) is 0 Å². The second-order valence-corrected chi connectivity index (χ2v) is 6.20. The molecule has 2 aliphatic heterocycles. The topological polar surface area (TPSA) is 24.1 Å². The Balaban J connectivity index is 1.53. The van der Waals surface area contributed by atoms with Crippen LogP contribution in [0.4, 0.5) is 0 Å². The summed E-state index contributed by atoms with van der Waals surface area (Å²) >= 11 is 2.17. The molecule has 2 saturated heterocycles. The summed E-state index contributed by atoms with van der Waals surface area (Å²) in [5, 5.41) is 8.12. The highest BCUT2D eigenvalue weighted by atomic mass is 32.2. The lowest BCUT2D eigenvalue weighted by Gasteiger charge is -2.26. The fourth-order valence-electron chi connectivity index (χ4n) is 2.49. The molecule has 0 aromatic heterocycles. The van der Waals surface area contributed by atoms with Gasteiger partial charge in [-0.15, -0.1) is 0 Å². The van der Waals surface area contributed by atoms with Gasteiger partial charge in [0.05, 0.1) is 0 Å². The standard InChI is InChI=1S/C12H24N2S/c1-3-7-14-11(5-1)9-13-10-12-6-2-4-8-15-12/h11-14H,1-10H2. The van der Waals surface area contributed by atoms with Crippen molar-refractivity contribution in [1.82, 2.24) is 10.6 Å². The molecule has 2 aliphatic rings. The summed E-state index contributed by atoms with van der Waals surface area (Å²) in [4.78, 5) is 0. The lowest BCUT2D eigenvalue weighted by Crippen LogP contribution is -2.43. The quantitative estimate of drug-likeness (QED) is 0.769. The molecular weight excluding hydrogens is 204 g/mol. The molecule has 0 radical (unpaired) electrons. The summed E-state index contributed by atoms with van der Waals surface area (Å²) in [5.74, 6) is 1.38. The molecule has 2 atom stereocenters. The molecular formula is C12H24N2S. The third-order valence-corrected chi connectivity index (χ3v) is 4.85. The molecule has 0 spiro atoms. The zero-order valence-corrected chi connectivity index (χ0v) is 10.5. The summed E-state index contributed by atoms with van der Waals surface area (Å²) in [7, 11) is 0. The Hall–Kier alpha value is 0.270. The first-order valence-electron chi connectivity index (χ1n) is 6.51. The van der Waals surface area contributed by atoms with Gasteiger partial charge in [-0.25, -0.2) is 0 Å². The molecule has 2 rings (SSSR count). The van der Waals surface area contributed by atoms with Crippen LogP contribution in [0.3, 0.4) is 0 Å². The molecule has 15 heavy (non-hydrogen) atoms. The molecule has 2 heterocycles. The summed E-state index contributed by atoms with van der Waals surface area (Å²) in [6.07, 6.45) is 8.46. The summed E-state index contributed by atoms with van der Waals surface area (Å²) in [6, 6.07) is 0.743. The van der Waals surface area contributed by atoms with Crippen molar-refractivity contribution in [3.05, 3.63) is 0 Å². The van der Waals surface area contributed by atoms with Gasteiger partial charge in [-0.2, -0.15) is 11.8 Å². The van der Waals surface area contributed by atoms with E-state index >= 15 is 0 Å². The van der Waals surface area contributed by atoms with Crippen LogP contribution in [-0.2, 0) is 0 Å². The van der Waals surface area contributed by atoms with Gasteiger partial charge in [0.1, 0.15) is 0 Å². The fraction of sp³-hybridized carbons (Fsp3) is 1.00. The van der Waals surface area contributed by atoms with E-state index in [4.69, 9.17) is 0 Å². The number of piperidine rings is 1. The first-order valence-corrected chi connectivity index (χ1v) is 7.56. The van der Waals surface area contributed by atoms with Crippen LogP contribution in [0, 0.1) is 0 Å². The number of nitrogens with one attached hydrogen (secondary N) is 2. The van der Waals surface area contributed by atoms with Crippen molar-refractivity contribution in [2.24, 2.45) is 0 Å². The molecule has 0 saturated carbocycles. The third-order valence-electron chi connectivity index (χ3n) is 3.45. The molecule has 2 fully saturated rings. The van der Waals surface area contributed by atoms with Crippen LogP contribution in [-0.4, -0.2) is 36.7 Å². The lowest BCUT2D eigenvalue weighted by atomic mass is 10.1. The SMILES string of the molecule is C1CCC(CNCC2CCCCS2)NC1. The van der Waals surface area contributed by atoms with Gasteiger partial charge in [0, 0.05) is 24.4 Å². The average Bonchev–Trinajstić information content (AvgIpc) is 2.32. The Kier molecular flexibility index (Phi) is 5.30. The van der Waals surface area contributed by atoms with Gasteiger partial charge in [-0.05, 0) is 38.0 Å². The number of hydrogen-bond donors (Lipinski definition) is 2. The van der Waals surface area contributed by atoms with Gasteiger partial charge in [-0.3, -0.25) is 0 Å². The predicted molar refractivity (Wildman–Crippen MR) is 68.6 cm³/mol.